The summed E-state index contributed by atoms with van der Waals surface area (Å²) in [6, 6.07) is 6.82. The van der Waals surface area contributed by atoms with E-state index in [2.05, 4.69) is 10.6 Å². The number of nitrogens with two attached hydrogens (primary N) is 1. The number of anilines is 1. The maximum absolute atomic E-state index is 11.2. The summed E-state index contributed by atoms with van der Waals surface area (Å²) in [6.07, 6.45) is 0.0275. The molecular weight excluding hydrogens is 218 g/mol. The summed E-state index contributed by atoms with van der Waals surface area (Å²) in [5, 5.41) is 5.39. The Kier molecular flexibility index (Phi) is 4.51. The van der Waals surface area contributed by atoms with Crippen molar-refractivity contribution in [2.75, 3.05) is 12.4 Å². The average Bonchev–Trinajstić information content (AvgIpc) is 2.30. The molecule has 0 fully saturated rings. The minimum atomic E-state index is -0.697. The monoisotopic (exact) mass is 235 g/mol. The zero-order valence-corrected chi connectivity index (χ0v) is 9.99. The molecule has 92 valence electrons. The van der Waals surface area contributed by atoms with E-state index in [1.165, 1.54) is 7.05 Å². The summed E-state index contributed by atoms with van der Waals surface area (Å²) in [4.78, 5) is 22.4. The van der Waals surface area contributed by atoms with Crippen LogP contribution in [0.1, 0.15) is 12.0 Å². The van der Waals surface area contributed by atoms with Gasteiger partial charge in [-0.3, -0.25) is 9.59 Å². The van der Waals surface area contributed by atoms with Gasteiger partial charge in [0.1, 0.15) is 6.04 Å². The fraction of sp³-hybridized carbons (Fsp3) is 0.333. The molecule has 0 bridgehead atoms. The highest BCUT2D eigenvalue weighted by molar-refractivity contribution is 5.89. The first kappa shape index (κ1) is 13.0. The summed E-state index contributed by atoms with van der Waals surface area (Å²) in [6.45, 7) is 1.97. The third kappa shape index (κ3) is 4.14. The van der Waals surface area contributed by atoms with Crippen LogP contribution in [0.15, 0.2) is 24.3 Å². The van der Waals surface area contributed by atoms with Crippen LogP contribution >= 0.6 is 0 Å². The van der Waals surface area contributed by atoms with E-state index in [1.807, 2.05) is 31.2 Å². The largest absolute Gasteiger partial charge is 0.373 e. The molecule has 1 rings (SSSR count). The number of carbonyl (C=O) groups excluding carboxylic acids is 2. The van der Waals surface area contributed by atoms with Gasteiger partial charge in [0.25, 0.3) is 0 Å². The second-order valence-electron chi connectivity index (χ2n) is 3.84. The second kappa shape index (κ2) is 5.89. The van der Waals surface area contributed by atoms with E-state index in [1.54, 1.807) is 0 Å². The van der Waals surface area contributed by atoms with Gasteiger partial charge in [-0.05, 0) is 19.1 Å². The molecule has 0 saturated carbocycles. The zero-order chi connectivity index (χ0) is 12.8. The number of aryl methyl sites for hydroxylation is 1. The van der Waals surface area contributed by atoms with Crippen LogP contribution in [0.2, 0.25) is 0 Å². The third-order valence-electron chi connectivity index (χ3n) is 2.40. The predicted molar refractivity (Wildman–Crippen MR) is 66.5 cm³/mol. The first-order chi connectivity index (χ1) is 8.02. The van der Waals surface area contributed by atoms with Crippen molar-refractivity contribution in [2.24, 2.45) is 5.73 Å². The second-order valence-corrected chi connectivity index (χ2v) is 3.84. The van der Waals surface area contributed by atoms with Crippen LogP contribution in [0.5, 0.6) is 0 Å². The molecule has 0 aliphatic rings. The molecule has 0 aliphatic carbocycles. The number of carbonyl (C=O) groups is 2. The van der Waals surface area contributed by atoms with Crippen LogP contribution in [-0.2, 0) is 9.59 Å². The molecule has 5 heteroatoms. The van der Waals surface area contributed by atoms with Crippen LogP contribution in [0.25, 0.3) is 0 Å². The van der Waals surface area contributed by atoms with Gasteiger partial charge in [-0.1, -0.05) is 17.7 Å². The third-order valence-corrected chi connectivity index (χ3v) is 2.40. The number of benzene rings is 1. The lowest BCUT2D eigenvalue weighted by Gasteiger charge is -2.15. The summed E-state index contributed by atoms with van der Waals surface area (Å²) in [7, 11) is 1.52. The molecular formula is C12H17N3O2. The predicted octanol–water partition coefficient (Wildman–Crippen LogP) is 0.397. The molecule has 0 aromatic heterocycles. The molecule has 4 N–H and O–H groups in total. The van der Waals surface area contributed by atoms with E-state index in [-0.39, 0.29) is 12.3 Å². The van der Waals surface area contributed by atoms with Gasteiger partial charge in [0.2, 0.25) is 11.8 Å². The number of hydrogen-bond donors (Lipinski definition) is 3. The van der Waals surface area contributed by atoms with Crippen molar-refractivity contribution in [3.63, 3.8) is 0 Å². The SMILES string of the molecule is CNC(=O)CC(Nc1ccc(C)cc1)C(N)=O. The van der Waals surface area contributed by atoms with Gasteiger partial charge in [-0.2, -0.15) is 0 Å². The first-order valence-corrected chi connectivity index (χ1v) is 5.36. The molecule has 0 saturated heterocycles. The Morgan fingerprint density at radius 3 is 2.35 bits per heavy atom. The van der Waals surface area contributed by atoms with Gasteiger partial charge in [0, 0.05) is 12.7 Å². The van der Waals surface area contributed by atoms with Crippen LogP contribution < -0.4 is 16.4 Å². The van der Waals surface area contributed by atoms with E-state index in [0.717, 1.165) is 11.3 Å². The van der Waals surface area contributed by atoms with E-state index in [9.17, 15) is 9.59 Å². The van der Waals surface area contributed by atoms with Crippen LogP contribution in [-0.4, -0.2) is 24.9 Å². The minimum absolute atomic E-state index is 0.0275. The van der Waals surface area contributed by atoms with Crippen molar-refractivity contribution in [2.45, 2.75) is 19.4 Å². The molecule has 1 aromatic carbocycles. The van der Waals surface area contributed by atoms with Gasteiger partial charge < -0.3 is 16.4 Å². The molecule has 0 spiro atoms. The van der Waals surface area contributed by atoms with Crippen molar-refractivity contribution >= 4 is 17.5 Å². The van der Waals surface area contributed by atoms with Crippen LogP contribution in [0.3, 0.4) is 0 Å². The van der Waals surface area contributed by atoms with Crippen molar-refractivity contribution in [3.8, 4) is 0 Å². The standard InChI is InChI=1S/C12H17N3O2/c1-8-3-5-9(6-4-8)15-10(12(13)17)7-11(16)14-2/h3-6,10,15H,7H2,1-2H3,(H2,13,17)(H,14,16). The lowest BCUT2D eigenvalue weighted by atomic mass is 10.1. The Morgan fingerprint density at radius 1 is 1.29 bits per heavy atom. The average molecular weight is 235 g/mol. The molecule has 0 heterocycles. The van der Waals surface area contributed by atoms with Crippen molar-refractivity contribution in [3.05, 3.63) is 29.8 Å². The highest BCUT2D eigenvalue weighted by Gasteiger charge is 2.18. The summed E-state index contributed by atoms with van der Waals surface area (Å²) in [5.41, 5.74) is 7.13. The first-order valence-electron chi connectivity index (χ1n) is 5.36. The van der Waals surface area contributed by atoms with Crippen molar-refractivity contribution < 1.29 is 9.59 Å². The smallest absolute Gasteiger partial charge is 0.240 e. The number of nitrogens with one attached hydrogen (secondary N) is 2. The van der Waals surface area contributed by atoms with E-state index >= 15 is 0 Å². The Balaban J connectivity index is 2.70. The molecule has 0 aliphatic heterocycles. The lowest BCUT2D eigenvalue weighted by molar-refractivity contribution is -0.125. The fourth-order valence-electron chi connectivity index (χ4n) is 1.36. The van der Waals surface area contributed by atoms with Crippen molar-refractivity contribution in [1.82, 2.24) is 5.32 Å². The summed E-state index contributed by atoms with van der Waals surface area (Å²) >= 11 is 0. The quantitative estimate of drug-likeness (QED) is 0.690. The Bertz CT molecular complexity index is 401. The minimum Gasteiger partial charge on any atom is -0.373 e. The molecule has 17 heavy (non-hydrogen) atoms. The van der Waals surface area contributed by atoms with Gasteiger partial charge in [-0.25, -0.2) is 0 Å². The topological polar surface area (TPSA) is 84.2 Å². The molecule has 0 radical (unpaired) electrons. The molecule has 1 unspecified atom stereocenters. The zero-order valence-electron chi connectivity index (χ0n) is 9.99. The Labute approximate surface area is 100 Å². The van der Waals surface area contributed by atoms with Crippen LogP contribution in [0, 0.1) is 6.92 Å². The van der Waals surface area contributed by atoms with E-state index < -0.39 is 11.9 Å². The summed E-state index contributed by atoms with van der Waals surface area (Å²) < 4.78 is 0. The number of primary amides is 1. The maximum Gasteiger partial charge on any atom is 0.240 e. The van der Waals surface area contributed by atoms with Gasteiger partial charge >= 0.3 is 0 Å². The molecule has 1 atom stereocenters. The highest BCUT2D eigenvalue weighted by Crippen LogP contribution is 2.11. The van der Waals surface area contributed by atoms with Crippen molar-refractivity contribution in [1.29, 1.82) is 0 Å². The van der Waals surface area contributed by atoms with Gasteiger partial charge in [0.05, 0.1) is 6.42 Å². The number of rotatable bonds is 5. The summed E-state index contributed by atoms with van der Waals surface area (Å²) in [5.74, 6) is -0.775. The van der Waals surface area contributed by atoms with Gasteiger partial charge in [0.15, 0.2) is 0 Å². The lowest BCUT2D eigenvalue weighted by Crippen LogP contribution is -2.39. The number of hydrogen-bond acceptors (Lipinski definition) is 3. The van der Waals surface area contributed by atoms with Crippen LogP contribution in [0.4, 0.5) is 5.69 Å². The number of amides is 2. The Hall–Kier alpha value is -2.04. The van der Waals surface area contributed by atoms with E-state index in [4.69, 9.17) is 5.73 Å². The maximum atomic E-state index is 11.2. The van der Waals surface area contributed by atoms with E-state index in [0.29, 0.717) is 0 Å². The molecule has 5 nitrogen and oxygen atoms in total. The van der Waals surface area contributed by atoms with Gasteiger partial charge in [-0.15, -0.1) is 0 Å². The Morgan fingerprint density at radius 2 is 1.88 bits per heavy atom. The molecule has 1 aromatic rings. The normalized spacial score (nSPS) is 11.6. The fourth-order valence-corrected chi connectivity index (χ4v) is 1.36. The molecule has 2 amide bonds. The highest BCUT2D eigenvalue weighted by atomic mass is 16.2.